The second-order valence-corrected chi connectivity index (χ2v) is 7.67. The standard InChI is InChI=1S/C15H23NO2/c1-8-9(2)15-7-16(3)6-14-5-4-10(17-14)11(13(14)15)12(8)18-15/h8-13H,4-7H2,1-3H3. The first-order valence-electron chi connectivity index (χ1n) is 7.62. The molecule has 3 nitrogen and oxygen atoms in total. The fourth-order valence-corrected chi connectivity index (χ4v) is 6.46. The zero-order valence-electron chi connectivity index (χ0n) is 11.6. The lowest BCUT2D eigenvalue weighted by Crippen LogP contribution is -2.66. The Morgan fingerprint density at radius 3 is 2.83 bits per heavy atom. The molecule has 18 heavy (non-hydrogen) atoms. The van der Waals surface area contributed by atoms with E-state index >= 15 is 0 Å². The second-order valence-electron chi connectivity index (χ2n) is 7.67. The molecule has 4 bridgehead atoms. The van der Waals surface area contributed by atoms with E-state index in [4.69, 9.17) is 9.47 Å². The van der Waals surface area contributed by atoms with E-state index in [-0.39, 0.29) is 11.2 Å². The van der Waals surface area contributed by atoms with Crippen LogP contribution < -0.4 is 0 Å². The van der Waals surface area contributed by atoms with E-state index in [0.717, 1.165) is 13.1 Å². The molecule has 8 atom stereocenters. The molecule has 5 aliphatic rings. The van der Waals surface area contributed by atoms with Crippen LogP contribution in [0.15, 0.2) is 0 Å². The molecule has 5 rings (SSSR count). The number of ether oxygens (including phenoxy) is 2. The van der Waals surface area contributed by atoms with Crippen LogP contribution >= 0.6 is 0 Å². The highest BCUT2D eigenvalue weighted by atomic mass is 16.6. The first kappa shape index (κ1) is 10.6. The summed E-state index contributed by atoms with van der Waals surface area (Å²) in [5.41, 5.74) is 0.252. The summed E-state index contributed by atoms with van der Waals surface area (Å²) in [6.07, 6.45) is 3.51. The third-order valence-corrected chi connectivity index (χ3v) is 7.01. The molecule has 0 aromatic carbocycles. The minimum Gasteiger partial charge on any atom is -0.370 e. The van der Waals surface area contributed by atoms with Gasteiger partial charge < -0.3 is 14.4 Å². The number of nitrogens with zero attached hydrogens (tertiary/aromatic N) is 1. The summed E-state index contributed by atoms with van der Waals surface area (Å²) in [7, 11) is 2.25. The van der Waals surface area contributed by atoms with Gasteiger partial charge in [0.2, 0.25) is 0 Å². The molecule has 0 amide bonds. The van der Waals surface area contributed by atoms with Crippen molar-refractivity contribution in [2.75, 3.05) is 20.1 Å². The first-order chi connectivity index (χ1) is 8.57. The highest BCUT2D eigenvalue weighted by Gasteiger charge is 2.79. The van der Waals surface area contributed by atoms with Gasteiger partial charge in [-0.25, -0.2) is 0 Å². The molecular weight excluding hydrogens is 226 g/mol. The maximum absolute atomic E-state index is 6.65. The largest absolute Gasteiger partial charge is 0.370 e. The third kappa shape index (κ3) is 0.862. The van der Waals surface area contributed by atoms with Gasteiger partial charge in [0.25, 0.3) is 0 Å². The number of rotatable bonds is 0. The molecule has 0 aromatic heterocycles. The average Bonchev–Trinajstić information content (AvgIpc) is 3.00. The van der Waals surface area contributed by atoms with Crippen LogP contribution in [-0.2, 0) is 9.47 Å². The van der Waals surface area contributed by atoms with Crippen LogP contribution in [0.1, 0.15) is 26.7 Å². The van der Waals surface area contributed by atoms with Crippen molar-refractivity contribution < 1.29 is 9.47 Å². The minimum atomic E-state index is 0.108. The Labute approximate surface area is 109 Å². The van der Waals surface area contributed by atoms with E-state index in [9.17, 15) is 0 Å². The molecular formula is C15H23NO2. The topological polar surface area (TPSA) is 21.7 Å². The summed E-state index contributed by atoms with van der Waals surface area (Å²) in [5, 5.41) is 0. The molecule has 3 heteroatoms. The Kier molecular flexibility index (Phi) is 1.66. The second kappa shape index (κ2) is 2.82. The molecule has 5 saturated heterocycles. The Morgan fingerprint density at radius 1 is 1.17 bits per heavy atom. The van der Waals surface area contributed by atoms with Crippen LogP contribution in [0.5, 0.6) is 0 Å². The van der Waals surface area contributed by atoms with Crippen molar-refractivity contribution in [1.82, 2.24) is 4.90 Å². The smallest absolute Gasteiger partial charge is 0.0902 e. The van der Waals surface area contributed by atoms with Crippen molar-refractivity contribution >= 4 is 0 Å². The van der Waals surface area contributed by atoms with E-state index in [0.29, 0.717) is 35.9 Å². The quantitative estimate of drug-likeness (QED) is 0.650. The number of piperidine rings is 1. The molecule has 0 aromatic rings. The van der Waals surface area contributed by atoms with E-state index in [1.165, 1.54) is 12.8 Å². The average molecular weight is 249 g/mol. The zero-order chi connectivity index (χ0) is 12.3. The Balaban J connectivity index is 1.71. The maximum atomic E-state index is 6.65. The summed E-state index contributed by atoms with van der Waals surface area (Å²) >= 11 is 0. The van der Waals surface area contributed by atoms with Gasteiger partial charge in [0.05, 0.1) is 23.4 Å². The predicted octanol–water partition coefficient (Wildman–Crippen LogP) is 1.52. The van der Waals surface area contributed by atoms with Crippen molar-refractivity contribution in [2.24, 2.45) is 23.7 Å². The number of hydrogen-bond acceptors (Lipinski definition) is 3. The fraction of sp³-hybridized carbons (Fsp3) is 1.00. The number of likely N-dealkylation sites (tertiary alicyclic amines) is 1. The van der Waals surface area contributed by atoms with E-state index in [2.05, 4.69) is 25.8 Å². The van der Waals surface area contributed by atoms with Gasteiger partial charge in [0.1, 0.15) is 0 Å². The highest BCUT2D eigenvalue weighted by molar-refractivity contribution is 5.27. The predicted molar refractivity (Wildman–Crippen MR) is 67.2 cm³/mol. The number of hydrogen-bond donors (Lipinski definition) is 0. The molecule has 0 aliphatic carbocycles. The van der Waals surface area contributed by atoms with Crippen LogP contribution in [-0.4, -0.2) is 48.4 Å². The van der Waals surface area contributed by atoms with Gasteiger partial charge in [-0.3, -0.25) is 0 Å². The van der Waals surface area contributed by atoms with Crippen LogP contribution in [0.25, 0.3) is 0 Å². The van der Waals surface area contributed by atoms with E-state index < -0.39 is 0 Å². The van der Waals surface area contributed by atoms with Gasteiger partial charge in [0, 0.05) is 24.9 Å². The Hall–Kier alpha value is -0.120. The van der Waals surface area contributed by atoms with Crippen LogP contribution in [0.4, 0.5) is 0 Å². The van der Waals surface area contributed by atoms with Crippen molar-refractivity contribution in [3.05, 3.63) is 0 Å². The lowest BCUT2D eigenvalue weighted by Gasteiger charge is -2.54. The van der Waals surface area contributed by atoms with Gasteiger partial charge in [-0.05, 0) is 31.7 Å². The van der Waals surface area contributed by atoms with Gasteiger partial charge >= 0.3 is 0 Å². The maximum Gasteiger partial charge on any atom is 0.0902 e. The molecule has 5 fully saturated rings. The summed E-state index contributed by atoms with van der Waals surface area (Å²) in [6.45, 7) is 7.06. The van der Waals surface area contributed by atoms with Gasteiger partial charge in [0.15, 0.2) is 0 Å². The third-order valence-electron chi connectivity index (χ3n) is 7.01. The van der Waals surface area contributed by atoms with Crippen molar-refractivity contribution in [2.45, 2.75) is 50.1 Å². The summed E-state index contributed by atoms with van der Waals surface area (Å²) in [4.78, 5) is 2.47. The van der Waals surface area contributed by atoms with Crippen molar-refractivity contribution in [1.29, 1.82) is 0 Å². The lowest BCUT2D eigenvalue weighted by molar-refractivity contribution is -0.157. The highest BCUT2D eigenvalue weighted by Crippen LogP contribution is 2.70. The van der Waals surface area contributed by atoms with Crippen LogP contribution in [0.2, 0.25) is 0 Å². The first-order valence-corrected chi connectivity index (χ1v) is 7.62. The molecule has 5 aliphatic heterocycles. The normalized spacial score (nSPS) is 68.8. The zero-order valence-corrected chi connectivity index (χ0v) is 11.6. The van der Waals surface area contributed by atoms with Crippen molar-refractivity contribution in [3.8, 4) is 0 Å². The van der Waals surface area contributed by atoms with Gasteiger partial charge in [-0.1, -0.05) is 13.8 Å². The summed E-state index contributed by atoms with van der Waals surface area (Å²) < 4.78 is 13.2. The van der Waals surface area contributed by atoms with Crippen LogP contribution in [0.3, 0.4) is 0 Å². The molecule has 0 radical (unpaired) electrons. The van der Waals surface area contributed by atoms with E-state index in [1.807, 2.05) is 0 Å². The molecule has 8 unspecified atom stereocenters. The summed E-state index contributed by atoms with van der Waals surface area (Å²) in [6, 6.07) is 0. The molecule has 2 spiro atoms. The number of likely N-dealkylation sites (N-methyl/N-ethyl adjacent to an activating group) is 1. The minimum absolute atomic E-state index is 0.108. The Morgan fingerprint density at radius 2 is 2.00 bits per heavy atom. The Bertz CT molecular complexity index is 427. The summed E-state index contributed by atoms with van der Waals surface area (Å²) in [5.74, 6) is 2.79. The lowest BCUT2D eigenvalue weighted by atomic mass is 9.53. The van der Waals surface area contributed by atoms with Crippen molar-refractivity contribution in [3.63, 3.8) is 0 Å². The van der Waals surface area contributed by atoms with Gasteiger partial charge in [-0.2, -0.15) is 0 Å². The molecule has 100 valence electrons. The van der Waals surface area contributed by atoms with E-state index in [1.54, 1.807) is 0 Å². The molecule has 5 heterocycles. The fourth-order valence-electron chi connectivity index (χ4n) is 6.46. The monoisotopic (exact) mass is 249 g/mol. The SMILES string of the molecule is CC1C2OC3(CN(C)CC45CCC(O4)C2C53)C1C. The molecule has 0 saturated carbocycles. The number of fused-ring (bicyclic) bond motifs is 4. The van der Waals surface area contributed by atoms with Crippen LogP contribution in [0, 0.1) is 23.7 Å². The molecule has 0 N–H and O–H groups in total. The van der Waals surface area contributed by atoms with Gasteiger partial charge in [-0.15, -0.1) is 0 Å².